The maximum Gasteiger partial charge on any atom is 0.235 e. The van der Waals surface area contributed by atoms with Crippen LogP contribution in [0.25, 0.3) is 10.6 Å². The number of nitrogens with two attached hydrogens (primary N) is 2. The summed E-state index contributed by atoms with van der Waals surface area (Å²) in [6.07, 6.45) is 0.948. The normalized spacial score (nSPS) is 10.2. The highest BCUT2D eigenvalue weighted by atomic mass is 32.1. The van der Waals surface area contributed by atoms with Crippen molar-refractivity contribution < 1.29 is 4.74 Å². The molecule has 4 N–H and O–H groups in total. The van der Waals surface area contributed by atoms with E-state index < -0.39 is 0 Å². The molecule has 2 aromatic rings. The van der Waals surface area contributed by atoms with Gasteiger partial charge in [0, 0.05) is 0 Å². The van der Waals surface area contributed by atoms with Gasteiger partial charge < -0.3 is 16.2 Å². The van der Waals surface area contributed by atoms with E-state index in [0.717, 1.165) is 22.7 Å². The Kier molecular flexibility index (Phi) is 4.30. The molecule has 6 nitrogen and oxygen atoms in total. The molecule has 0 amide bonds. The molecule has 0 atom stereocenters. The molecule has 2 rings (SSSR count). The van der Waals surface area contributed by atoms with Gasteiger partial charge in [0.15, 0.2) is 11.0 Å². The first-order valence-electron chi connectivity index (χ1n) is 5.86. The summed E-state index contributed by atoms with van der Waals surface area (Å²) in [5.41, 5.74) is 11.5. The van der Waals surface area contributed by atoms with Gasteiger partial charge in [-0.05, 0) is 18.6 Å². The van der Waals surface area contributed by atoms with Crippen molar-refractivity contribution in [3.8, 4) is 16.3 Å². The molecule has 1 aromatic heterocycles. The van der Waals surface area contributed by atoms with Gasteiger partial charge in [-0.25, -0.2) is 0 Å². The minimum Gasteiger partial charge on any atom is -0.493 e. The number of hydrogen-bond acceptors (Lipinski definition) is 5. The Bertz CT molecular complexity index is 577. The number of guanidine groups is 1. The van der Waals surface area contributed by atoms with Crippen molar-refractivity contribution in [3.63, 3.8) is 0 Å². The molecule has 0 aliphatic heterocycles. The Hall–Kier alpha value is -2.15. The molecule has 0 radical (unpaired) electrons. The van der Waals surface area contributed by atoms with Gasteiger partial charge in [-0.3, -0.25) is 0 Å². The van der Waals surface area contributed by atoms with Gasteiger partial charge in [0.1, 0.15) is 5.75 Å². The summed E-state index contributed by atoms with van der Waals surface area (Å²) in [6, 6.07) is 7.69. The third-order valence-electron chi connectivity index (χ3n) is 2.22. The molecule has 0 saturated carbocycles. The molecule has 100 valence electrons. The highest BCUT2D eigenvalue weighted by Crippen LogP contribution is 2.34. The fourth-order valence-electron chi connectivity index (χ4n) is 1.46. The number of aliphatic imine (C=N–C) groups is 1. The van der Waals surface area contributed by atoms with E-state index in [2.05, 4.69) is 22.1 Å². The quantitative estimate of drug-likeness (QED) is 0.642. The maximum atomic E-state index is 5.68. The predicted octanol–water partition coefficient (Wildman–Crippen LogP) is 1.90. The van der Waals surface area contributed by atoms with Gasteiger partial charge in [-0.2, -0.15) is 4.99 Å². The molecule has 1 aromatic carbocycles. The predicted molar refractivity (Wildman–Crippen MR) is 76.6 cm³/mol. The van der Waals surface area contributed by atoms with E-state index >= 15 is 0 Å². The van der Waals surface area contributed by atoms with Crippen molar-refractivity contribution >= 4 is 22.4 Å². The van der Waals surface area contributed by atoms with Crippen LogP contribution in [0.2, 0.25) is 0 Å². The first-order chi connectivity index (χ1) is 9.20. The van der Waals surface area contributed by atoms with E-state index in [1.54, 1.807) is 0 Å². The molecule has 1 heterocycles. The molecular formula is C12H15N5OS. The van der Waals surface area contributed by atoms with E-state index in [1.807, 2.05) is 24.3 Å². The third kappa shape index (κ3) is 3.41. The summed E-state index contributed by atoms with van der Waals surface area (Å²) < 4.78 is 5.68. The van der Waals surface area contributed by atoms with Crippen LogP contribution in [0.1, 0.15) is 13.3 Å². The second-order valence-corrected chi connectivity index (χ2v) is 4.73. The number of hydrogen-bond donors (Lipinski definition) is 2. The lowest BCUT2D eigenvalue weighted by Crippen LogP contribution is -2.21. The summed E-state index contributed by atoms with van der Waals surface area (Å²) in [5, 5.41) is 9.16. The summed E-state index contributed by atoms with van der Waals surface area (Å²) in [4.78, 5) is 3.87. The number of ether oxygens (including phenoxy) is 1. The minimum absolute atomic E-state index is 0.0294. The average Bonchev–Trinajstić information content (AvgIpc) is 2.84. The second-order valence-electron chi connectivity index (χ2n) is 3.77. The Morgan fingerprint density at radius 3 is 2.84 bits per heavy atom. The average molecular weight is 277 g/mol. The number of para-hydroxylation sites is 1. The third-order valence-corrected chi connectivity index (χ3v) is 3.07. The lowest BCUT2D eigenvalue weighted by molar-refractivity contribution is 0.318. The topological polar surface area (TPSA) is 99.4 Å². The standard InChI is InChI=1S/C12H15N5OS/c1-2-7-18-9-6-4-3-5-8(9)10-16-17-12(19-10)15-11(13)14/h3-6H,2,7H2,1H3,(H4,13,14,15,17). The Balaban J connectivity index is 2.30. The molecule has 0 saturated heterocycles. The van der Waals surface area contributed by atoms with Crippen LogP contribution in [0.3, 0.4) is 0 Å². The Morgan fingerprint density at radius 1 is 1.32 bits per heavy atom. The van der Waals surface area contributed by atoms with Crippen molar-refractivity contribution in [1.82, 2.24) is 10.2 Å². The molecular weight excluding hydrogens is 262 g/mol. The lowest BCUT2D eigenvalue weighted by atomic mass is 10.2. The summed E-state index contributed by atoms with van der Waals surface area (Å²) >= 11 is 1.31. The van der Waals surface area contributed by atoms with E-state index in [0.29, 0.717) is 11.7 Å². The Morgan fingerprint density at radius 2 is 2.11 bits per heavy atom. The number of aromatic nitrogens is 2. The maximum absolute atomic E-state index is 5.68. The molecule has 19 heavy (non-hydrogen) atoms. The largest absolute Gasteiger partial charge is 0.493 e. The van der Waals surface area contributed by atoms with Crippen molar-refractivity contribution in [1.29, 1.82) is 0 Å². The molecule has 7 heteroatoms. The van der Waals surface area contributed by atoms with Gasteiger partial charge in [0.25, 0.3) is 0 Å². The van der Waals surface area contributed by atoms with Gasteiger partial charge in [-0.1, -0.05) is 30.4 Å². The van der Waals surface area contributed by atoms with Crippen molar-refractivity contribution in [3.05, 3.63) is 24.3 Å². The highest BCUT2D eigenvalue weighted by Gasteiger charge is 2.11. The zero-order valence-corrected chi connectivity index (χ0v) is 11.4. The van der Waals surface area contributed by atoms with Crippen LogP contribution < -0.4 is 16.2 Å². The monoisotopic (exact) mass is 277 g/mol. The zero-order valence-electron chi connectivity index (χ0n) is 10.5. The number of benzene rings is 1. The molecule has 0 spiro atoms. The van der Waals surface area contributed by atoms with Gasteiger partial charge in [0.05, 0.1) is 12.2 Å². The van der Waals surface area contributed by atoms with Crippen LogP contribution in [0.15, 0.2) is 29.3 Å². The first-order valence-corrected chi connectivity index (χ1v) is 6.67. The number of nitrogens with zero attached hydrogens (tertiary/aromatic N) is 3. The van der Waals surface area contributed by atoms with Crippen molar-refractivity contribution in [2.45, 2.75) is 13.3 Å². The minimum atomic E-state index is -0.0294. The highest BCUT2D eigenvalue weighted by molar-refractivity contribution is 7.18. The van der Waals surface area contributed by atoms with E-state index in [1.165, 1.54) is 11.3 Å². The van der Waals surface area contributed by atoms with Crippen LogP contribution in [-0.4, -0.2) is 22.8 Å². The first kappa shape index (κ1) is 13.3. The molecule has 0 fully saturated rings. The fraction of sp³-hybridized carbons (Fsp3) is 0.250. The molecule has 0 aliphatic rings. The van der Waals surface area contributed by atoms with E-state index in [9.17, 15) is 0 Å². The van der Waals surface area contributed by atoms with Gasteiger partial charge >= 0.3 is 0 Å². The lowest BCUT2D eigenvalue weighted by Gasteiger charge is -2.07. The van der Waals surface area contributed by atoms with Crippen LogP contribution in [-0.2, 0) is 0 Å². The van der Waals surface area contributed by atoms with Crippen LogP contribution in [0.5, 0.6) is 5.75 Å². The van der Waals surface area contributed by atoms with E-state index in [4.69, 9.17) is 16.2 Å². The molecule has 0 bridgehead atoms. The summed E-state index contributed by atoms with van der Waals surface area (Å²) in [6.45, 7) is 2.72. The molecule has 0 aliphatic carbocycles. The van der Waals surface area contributed by atoms with Crippen LogP contribution in [0, 0.1) is 0 Å². The smallest absolute Gasteiger partial charge is 0.235 e. The SMILES string of the molecule is CCCOc1ccccc1-c1nnc(N=C(N)N)s1. The van der Waals surface area contributed by atoms with Crippen molar-refractivity contribution in [2.24, 2.45) is 16.5 Å². The van der Waals surface area contributed by atoms with Gasteiger partial charge in [-0.15, -0.1) is 10.2 Å². The zero-order chi connectivity index (χ0) is 13.7. The second kappa shape index (κ2) is 6.14. The summed E-state index contributed by atoms with van der Waals surface area (Å²) in [7, 11) is 0. The van der Waals surface area contributed by atoms with Crippen molar-refractivity contribution in [2.75, 3.05) is 6.61 Å². The fourth-order valence-corrected chi connectivity index (χ4v) is 2.23. The van der Waals surface area contributed by atoms with Crippen LogP contribution in [0.4, 0.5) is 5.13 Å². The van der Waals surface area contributed by atoms with Gasteiger partial charge in [0.2, 0.25) is 5.13 Å². The number of rotatable bonds is 5. The molecule has 0 unspecified atom stereocenters. The van der Waals surface area contributed by atoms with E-state index in [-0.39, 0.29) is 5.96 Å². The Labute approximate surface area is 115 Å². The van der Waals surface area contributed by atoms with Crippen LogP contribution >= 0.6 is 11.3 Å². The summed E-state index contributed by atoms with van der Waals surface area (Å²) in [5.74, 6) is 0.759.